The minimum absolute atomic E-state index is 0.0881. The number of piperidine rings is 1. The van der Waals surface area contributed by atoms with Crippen molar-refractivity contribution >= 4 is 11.5 Å². The van der Waals surface area contributed by atoms with Gasteiger partial charge in [0.1, 0.15) is 0 Å². The lowest BCUT2D eigenvalue weighted by Crippen LogP contribution is -2.46. The molecule has 0 radical (unpaired) electrons. The molecule has 0 amide bonds. The highest BCUT2D eigenvalue weighted by molar-refractivity contribution is 5.58. The summed E-state index contributed by atoms with van der Waals surface area (Å²) in [7, 11) is 0. The van der Waals surface area contributed by atoms with Crippen LogP contribution < -0.4 is 10.2 Å². The lowest BCUT2D eigenvalue weighted by molar-refractivity contribution is -0.384. The van der Waals surface area contributed by atoms with Crippen molar-refractivity contribution in [2.24, 2.45) is 0 Å². The quantitative estimate of drug-likeness (QED) is 0.667. The Bertz CT molecular complexity index is 498. The molecule has 2 rings (SSSR count). The van der Waals surface area contributed by atoms with E-state index in [0.717, 1.165) is 25.2 Å². The van der Waals surface area contributed by atoms with Gasteiger partial charge in [0.2, 0.25) is 5.82 Å². The number of anilines is 1. The highest BCUT2D eigenvalue weighted by atomic mass is 16.6. The molecule has 1 aliphatic heterocycles. The Kier molecular flexibility index (Phi) is 5.12. The van der Waals surface area contributed by atoms with E-state index in [0.29, 0.717) is 11.9 Å². The van der Waals surface area contributed by atoms with Crippen molar-refractivity contribution in [1.82, 2.24) is 10.3 Å². The fraction of sp³-hybridized carbons (Fsp3) is 0.667. The van der Waals surface area contributed by atoms with E-state index in [4.69, 9.17) is 0 Å². The summed E-state index contributed by atoms with van der Waals surface area (Å²) in [4.78, 5) is 17.4. The first kappa shape index (κ1) is 15.7. The van der Waals surface area contributed by atoms with Gasteiger partial charge in [-0.05, 0) is 46.2 Å². The third-order valence-corrected chi connectivity index (χ3v) is 3.92. The molecule has 116 valence electrons. The van der Waals surface area contributed by atoms with E-state index in [-0.39, 0.29) is 16.7 Å². The van der Waals surface area contributed by atoms with Gasteiger partial charge in [-0.15, -0.1) is 0 Å². The molecular weight excluding hydrogens is 268 g/mol. The van der Waals surface area contributed by atoms with E-state index >= 15 is 0 Å². The van der Waals surface area contributed by atoms with E-state index in [1.165, 1.54) is 12.8 Å². The third-order valence-electron chi connectivity index (χ3n) is 3.92. The van der Waals surface area contributed by atoms with Crippen LogP contribution >= 0.6 is 0 Å². The van der Waals surface area contributed by atoms with E-state index in [1.54, 1.807) is 12.1 Å². The van der Waals surface area contributed by atoms with Crippen molar-refractivity contribution in [3.63, 3.8) is 0 Å². The van der Waals surface area contributed by atoms with Crippen molar-refractivity contribution in [3.8, 4) is 0 Å². The van der Waals surface area contributed by atoms with Crippen LogP contribution in [0.25, 0.3) is 0 Å². The van der Waals surface area contributed by atoms with E-state index in [9.17, 15) is 10.1 Å². The first-order chi connectivity index (χ1) is 9.99. The predicted molar refractivity (Wildman–Crippen MR) is 83.8 cm³/mol. The summed E-state index contributed by atoms with van der Waals surface area (Å²) in [5.74, 6) is 0.488. The summed E-state index contributed by atoms with van der Waals surface area (Å²) in [5.41, 5.74) is 0.892. The fourth-order valence-corrected chi connectivity index (χ4v) is 2.75. The molecule has 6 nitrogen and oxygen atoms in total. The van der Waals surface area contributed by atoms with Crippen LogP contribution in [0, 0.1) is 17.0 Å². The summed E-state index contributed by atoms with van der Waals surface area (Å²) in [5, 5.41) is 14.8. The van der Waals surface area contributed by atoms with Crippen molar-refractivity contribution < 1.29 is 4.92 Å². The van der Waals surface area contributed by atoms with Crippen molar-refractivity contribution in [1.29, 1.82) is 0 Å². The molecule has 1 saturated heterocycles. The molecule has 0 spiro atoms. The van der Waals surface area contributed by atoms with Gasteiger partial charge in [0, 0.05) is 30.4 Å². The minimum Gasteiger partial charge on any atom is -0.347 e. The first-order valence-corrected chi connectivity index (χ1v) is 7.61. The number of aromatic nitrogens is 1. The Hall–Kier alpha value is -1.69. The Morgan fingerprint density at radius 3 is 2.81 bits per heavy atom. The van der Waals surface area contributed by atoms with Crippen LogP contribution in [-0.2, 0) is 0 Å². The maximum Gasteiger partial charge on any atom is 0.311 e. The number of hydrogen-bond acceptors (Lipinski definition) is 5. The first-order valence-electron chi connectivity index (χ1n) is 7.61. The molecule has 0 bridgehead atoms. The number of nitrogens with one attached hydrogen (secondary N) is 1. The second-order valence-corrected chi connectivity index (χ2v) is 5.95. The van der Waals surface area contributed by atoms with Crippen LogP contribution in [0.4, 0.5) is 11.5 Å². The van der Waals surface area contributed by atoms with E-state index in [2.05, 4.69) is 24.1 Å². The van der Waals surface area contributed by atoms with E-state index in [1.807, 2.05) is 11.8 Å². The zero-order chi connectivity index (χ0) is 15.4. The molecule has 0 saturated carbocycles. The van der Waals surface area contributed by atoms with Crippen LogP contribution in [0.1, 0.15) is 38.8 Å². The van der Waals surface area contributed by atoms with Gasteiger partial charge in [-0.25, -0.2) is 4.98 Å². The maximum absolute atomic E-state index is 11.3. The summed E-state index contributed by atoms with van der Waals surface area (Å²) >= 11 is 0. The zero-order valence-electron chi connectivity index (χ0n) is 13.0. The van der Waals surface area contributed by atoms with Gasteiger partial charge in [-0.2, -0.15) is 0 Å². The van der Waals surface area contributed by atoms with Gasteiger partial charge >= 0.3 is 5.69 Å². The molecule has 2 heterocycles. The molecule has 21 heavy (non-hydrogen) atoms. The molecule has 6 heteroatoms. The minimum atomic E-state index is -0.342. The van der Waals surface area contributed by atoms with Crippen LogP contribution in [0.15, 0.2) is 12.1 Å². The van der Waals surface area contributed by atoms with Crippen molar-refractivity contribution in [2.45, 2.75) is 52.1 Å². The van der Waals surface area contributed by atoms with Crippen molar-refractivity contribution in [2.75, 3.05) is 18.0 Å². The van der Waals surface area contributed by atoms with Gasteiger partial charge in [0.25, 0.3) is 0 Å². The molecule has 1 fully saturated rings. The number of pyridine rings is 1. The summed E-state index contributed by atoms with van der Waals surface area (Å²) in [6.45, 7) is 7.76. The largest absolute Gasteiger partial charge is 0.347 e. The summed E-state index contributed by atoms with van der Waals surface area (Å²) in [6.07, 6.45) is 3.54. The average molecular weight is 292 g/mol. The monoisotopic (exact) mass is 292 g/mol. The van der Waals surface area contributed by atoms with E-state index < -0.39 is 0 Å². The molecule has 1 unspecified atom stereocenters. The zero-order valence-corrected chi connectivity index (χ0v) is 13.0. The molecule has 1 aliphatic rings. The van der Waals surface area contributed by atoms with Gasteiger partial charge in [0.15, 0.2) is 0 Å². The molecule has 1 aromatic heterocycles. The Balaban J connectivity index is 2.28. The van der Waals surface area contributed by atoms with Gasteiger partial charge in [0.05, 0.1) is 4.92 Å². The SMILES string of the molecule is Cc1ccc([N+](=O)[O-])c(N(CC2CCCCN2)C(C)C)n1. The second-order valence-electron chi connectivity index (χ2n) is 5.95. The molecule has 1 atom stereocenters. The van der Waals surface area contributed by atoms with Gasteiger partial charge < -0.3 is 10.2 Å². The average Bonchev–Trinajstić information content (AvgIpc) is 2.45. The van der Waals surface area contributed by atoms with Crippen molar-refractivity contribution in [3.05, 3.63) is 27.9 Å². The Morgan fingerprint density at radius 2 is 2.24 bits per heavy atom. The number of aryl methyl sites for hydroxylation is 1. The molecule has 1 N–H and O–H groups in total. The number of hydrogen-bond donors (Lipinski definition) is 1. The number of nitro groups is 1. The standard InChI is InChI=1S/C15H24N4O2/c1-11(2)18(10-13-6-4-5-9-16-13)15-14(19(20)21)8-7-12(3)17-15/h7-8,11,13,16H,4-6,9-10H2,1-3H3. The van der Waals surface area contributed by atoms with Crippen LogP contribution in [0.2, 0.25) is 0 Å². The second kappa shape index (κ2) is 6.85. The summed E-state index contributed by atoms with van der Waals surface area (Å²) < 4.78 is 0. The third kappa shape index (κ3) is 3.91. The predicted octanol–water partition coefficient (Wildman–Crippen LogP) is 2.66. The fourth-order valence-electron chi connectivity index (χ4n) is 2.75. The normalized spacial score (nSPS) is 18.8. The lowest BCUT2D eigenvalue weighted by Gasteiger charge is -2.33. The highest BCUT2D eigenvalue weighted by Crippen LogP contribution is 2.28. The molecule has 0 aromatic carbocycles. The van der Waals surface area contributed by atoms with Crippen LogP contribution in [0.5, 0.6) is 0 Å². The Labute approximate surface area is 125 Å². The number of rotatable bonds is 5. The number of nitrogens with zero attached hydrogens (tertiary/aromatic N) is 3. The highest BCUT2D eigenvalue weighted by Gasteiger charge is 2.26. The van der Waals surface area contributed by atoms with Crippen LogP contribution in [-0.4, -0.2) is 35.1 Å². The maximum atomic E-state index is 11.3. The molecule has 0 aliphatic carbocycles. The lowest BCUT2D eigenvalue weighted by atomic mass is 10.0. The van der Waals surface area contributed by atoms with Gasteiger partial charge in [-0.1, -0.05) is 6.42 Å². The smallest absolute Gasteiger partial charge is 0.311 e. The Morgan fingerprint density at radius 1 is 1.48 bits per heavy atom. The van der Waals surface area contributed by atoms with Gasteiger partial charge in [-0.3, -0.25) is 10.1 Å². The molecule has 1 aromatic rings. The topological polar surface area (TPSA) is 71.3 Å². The molecular formula is C15H24N4O2. The van der Waals surface area contributed by atoms with Crippen LogP contribution in [0.3, 0.4) is 0 Å². The summed E-state index contributed by atoms with van der Waals surface area (Å²) in [6, 6.07) is 3.80.